The Morgan fingerprint density at radius 3 is 1.44 bits per heavy atom. The molecule has 0 aliphatic heterocycles. The van der Waals surface area contributed by atoms with Crippen LogP contribution in [0.25, 0.3) is 0 Å². The lowest BCUT2D eigenvalue weighted by Crippen LogP contribution is -2.56. The average molecular weight is 281 g/mol. The molecule has 1 unspecified atom stereocenters. The highest BCUT2D eigenvalue weighted by Crippen LogP contribution is 2.44. The first kappa shape index (κ1) is 16.7. The standard InChI is InChI=1S/C12H29ClOSi2/c1-11(2,3)15(7,8)14-16(9,10-13)12(4,5)6/h10H2,1-9H3. The van der Waals surface area contributed by atoms with Gasteiger partial charge in [0.15, 0.2) is 16.6 Å². The van der Waals surface area contributed by atoms with Crippen LogP contribution in [0.1, 0.15) is 41.5 Å². The molecule has 16 heavy (non-hydrogen) atoms. The van der Waals surface area contributed by atoms with Crippen molar-refractivity contribution in [1.29, 1.82) is 0 Å². The van der Waals surface area contributed by atoms with E-state index < -0.39 is 16.6 Å². The van der Waals surface area contributed by atoms with Crippen molar-refractivity contribution >= 4 is 28.2 Å². The first-order valence-corrected chi connectivity index (χ1v) is 12.1. The summed E-state index contributed by atoms with van der Waals surface area (Å²) in [5.41, 5.74) is 0.684. The molecule has 0 aromatic rings. The maximum absolute atomic E-state index is 6.65. The normalized spacial score (nSPS) is 18.4. The lowest BCUT2D eigenvalue weighted by molar-refractivity contribution is 0.448. The van der Waals surface area contributed by atoms with Gasteiger partial charge in [0.05, 0.1) is 0 Å². The zero-order valence-corrected chi connectivity index (χ0v) is 15.2. The number of rotatable bonds is 3. The SMILES string of the molecule is CC(C)(C)[Si](C)(C)O[Si](C)(CCl)C(C)(C)C. The predicted molar refractivity (Wildman–Crippen MR) is 80.3 cm³/mol. The Labute approximate surface area is 109 Å². The summed E-state index contributed by atoms with van der Waals surface area (Å²) in [4.78, 5) is 0. The van der Waals surface area contributed by atoms with E-state index in [-0.39, 0.29) is 10.1 Å². The minimum Gasteiger partial charge on any atom is -0.454 e. The van der Waals surface area contributed by atoms with E-state index >= 15 is 0 Å². The molecular weight excluding hydrogens is 252 g/mol. The van der Waals surface area contributed by atoms with Crippen LogP contribution in [0.15, 0.2) is 0 Å². The fourth-order valence-electron chi connectivity index (χ4n) is 1.10. The lowest BCUT2D eigenvalue weighted by Gasteiger charge is -2.48. The fraction of sp³-hybridized carbons (Fsp3) is 1.00. The number of alkyl halides is 1. The van der Waals surface area contributed by atoms with Crippen LogP contribution in [0.5, 0.6) is 0 Å². The van der Waals surface area contributed by atoms with Gasteiger partial charge in [-0.1, -0.05) is 41.5 Å². The average Bonchev–Trinajstić information content (AvgIpc) is 1.99. The third-order valence-corrected chi connectivity index (χ3v) is 16.8. The molecule has 4 heteroatoms. The van der Waals surface area contributed by atoms with Gasteiger partial charge < -0.3 is 4.12 Å². The van der Waals surface area contributed by atoms with E-state index in [2.05, 4.69) is 61.2 Å². The van der Waals surface area contributed by atoms with Gasteiger partial charge in [0, 0.05) is 5.50 Å². The summed E-state index contributed by atoms with van der Waals surface area (Å²) in [6.07, 6.45) is 0. The summed E-state index contributed by atoms with van der Waals surface area (Å²) in [5, 5.41) is 0.461. The molecule has 0 saturated carbocycles. The second-order valence-corrected chi connectivity index (χ2v) is 17.8. The Morgan fingerprint density at radius 2 is 1.25 bits per heavy atom. The molecule has 0 amide bonds. The Morgan fingerprint density at radius 1 is 0.875 bits per heavy atom. The molecule has 0 aromatic carbocycles. The van der Waals surface area contributed by atoms with Crippen molar-refractivity contribution in [2.24, 2.45) is 0 Å². The van der Waals surface area contributed by atoms with E-state index in [1.165, 1.54) is 0 Å². The van der Waals surface area contributed by atoms with Crippen LogP contribution in [-0.2, 0) is 4.12 Å². The summed E-state index contributed by atoms with van der Waals surface area (Å²) >= 11 is 6.21. The molecule has 0 aromatic heterocycles. The minimum absolute atomic E-state index is 0.199. The summed E-state index contributed by atoms with van der Waals surface area (Å²) < 4.78 is 6.65. The van der Waals surface area contributed by atoms with E-state index in [1.807, 2.05) is 0 Å². The first-order valence-electron chi connectivity index (χ1n) is 6.03. The minimum atomic E-state index is -1.84. The summed E-state index contributed by atoms with van der Waals surface area (Å²) in [7, 11) is -3.54. The van der Waals surface area contributed by atoms with E-state index in [4.69, 9.17) is 15.7 Å². The fourth-order valence-corrected chi connectivity index (χ4v) is 10.4. The highest BCUT2D eigenvalue weighted by atomic mass is 35.5. The molecule has 0 spiro atoms. The molecule has 0 aliphatic rings. The van der Waals surface area contributed by atoms with E-state index in [9.17, 15) is 0 Å². The second-order valence-electron chi connectivity index (χ2n) is 7.48. The molecule has 0 saturated heterocycles. The van der Waals surface area contributed by atoms with Gasteiger partial charge >= 0.3 is 0 Å². The summed E-state index contributed by atoms with van der Waals surface area (Å²) in [5.74, 6) is 0. The van der Waals surface area contributed by atoms with Gasteiger partial charge in [-0.15, -0.1) is 11.6 Å². The second kappa shape index (κ2) is 4.75. The monoisotopic (exact) mass is 280 g/mol. The van der Waals surface area contributed by atoms with Crippen LogP contribution in [-0.4, -0.2) is 22.1 Å². The Bertz CT molecular complexity index is 240. The highest BCUT2D eigenvalue weighted by molar-refractivity contribution is 6.90. The molecule has 0 bridgehead atoms. The zero-order chi connectivity index (χ0) is 13.4. The lowest BCUT2D eigenvalue weighted by atomic mass is 10.2. The Balaban J connectivity index is 5.08. The highest BCUT2D eigenvalue weighted by Gasteiger charge is 2.48. The quantitative estimate of drug-likeness (QED) is 0.512. The van der Waals surface area contributed by atoms with Crippen LogP contribution in [0.4, 0.5) is 0 Å². The van der Waals surface area contributed by atoms with Crippen molar-refractivity contribution in [3.05, 3.63) is 0 Å². The Kier molecular flexibility index (Phi) is 4.95. The molecule has 1 atom stereocenters. The van der Waals surface area contributed by atoms with Crippen LogP contribution in [0.2, 0.25) is 29.7 Å². The molecule has 0 radical (unpaired) electrons. The van der Waals surface area contributed by atoms with Crippen LogP contribution >= 0.6 is 11.6 Å². The predicted octanol–water partition coefficient (Wildman–Crippen LogP) is 5.16. The van der Waals surface area contributed by atoms with Crippen molar-refractivity contribution in [1.82, 2.24) is 0 Å². The number of hydrogen-bond acceptors (Lipinski definition) is 1. The van der Waals surface area contributed by atoms with E-state index in [0.29, 0.717) is 5.50 Å². The van der Waals surface area contributed by atoms with E-state index in [0.717, 1.165) is 0 Å². The van der Waals surface area contributed by atoms with Crippen LogP contribution < -0.4 is 0 Å². The van der Waals surface area contributed by atoms with E-state index in [1.54, 1.807) is 0 Å². The summed E-state index contributed by atoms with van der Waals surface area (Å²) in [6.45, 7) is 20.5. The molecule has 0 N–H and O–H groups in total. The molecule has 0 heterocycles. The van der Waals surface area contributed by atoms with Gasteiger partial charge in [-0.25, -0.2) is 0 Å². The molecule has 0 rings (SSSR count). The number of hydrogen-bond donors (Lipinski definition) is 0. The molecular formula is C12H29ClOSi2. The molecule has 98 valence electrons. The third-order valence-electron chi connectivity index (χ3n) is 4.13. The van der Waals surface area contributed by atoms with Crippen LogP contribution in [0.3, 0.4) is 0 Å². The largest absolute Gasteiger partial charge is 0.454 e. The molecule has 1 nitrogen and oxygen atoms in total. The Hall–Kier alpha value is 0.684. The van der Waals surface area contributed by atoms with Crippen molar-refractivity contribution in [3.8, 4) is 0 Å². The topological polar surface area (TPSA) is 9.23 Å². The van der Waals surface area contributed by atoms with Gasteiger partial charge in [-0.2, -0.15) is 0 Å². The maximum atomic E-state index is 6.65. The van der Waals surface area contributed by atoms with Crippen LogP contribution in [0, 0.1) is 0 Å². The maximum Gasteiger partial charge on any atom is 0.196 e. The first-order chi connectivity index (χ1) is 6.77. The van der Waals surface area contributed by atoms with Gasteiger partial charge in [0.25, 0.3) is 0 Å². The van der Waals surface area contributed by atoms with Crippen molar-refractivity contribution < 1.29 is 4.12 Å². The zero-order valence-electron chi connectivity index (χ0n) is 12.5. The van der Waals surface area contributed by atoms with Gasteiger partial charge in [-0.3, -0.25) is 0 Å². The third kappa shape index (κ3) is 3.59. The molecule has 0 aliphatic carbocycles. The number of halogens is 1. The van der Waals surface area contributed by atoms with Gasteiger partial charge in [0.2, 0.25) is 0 Å². The van der Waals surface area contributed by atoms with Crippen molar-refractivity contribution in [2.75, 3.05) is 5.50 Å². The van der Waals surface area contributed by atoms with Gasteiger partial charge in [-0.05, 0) is 29.7 Å². The van der Waals surface area contributed by atoms with Crippen molar-refractivity contribution in [2.45, 2.75) is 71.3 Å². The van der Waals surface area contributed by atoms with Crippen molar-refractivity contribution in [3.63, 3.8) is 0 Å². The summed E-state index contributed by atoms with van der Waals surface area (Å²) in [6, 6.07) is 0. The van der Waals surface area contributed by atoms with Gasteiger partial charge in [0.1, 0.15) is 0 Å². The smallest absolute Gasteiger partial charge is 0.196 e. The molecule has 0 fully saturated rings.